The Kier molecular flexibility index (Phi) is 7.44. The van der Waals surface area contributed by atoms with Crippen LogP contribution in [0.1, 0.15) is 11.9 Å². The first kappa shape index (κ1) is 26.9. The molecule has 7 N–H and O–H groups in total. The van der Waals surface area contributed by atoms with E-state index >= 15 is 0 Å². The Morgan fingerprint density at radius 1 is 1.06 bits per heavy atom. The van der Waals surface area contributed by atoms with Crippen LogP contribution in [0.4, 0.5) is 0 Å². The molecular weight excluding hydrogens is 533 g/mol. The Morgan fingerprint density at radius 2 is 1.71 bits per heavy atom. The predicted octanol–water partition coefficient (Wildman–Crippen LogP) is -2.25. The van der Waals surface area contributed by atoms with Gasteiger partial charge < -0.3 is 39.5 Å². The molecule has 6 atom stereocenters. The van der Waals surface area contributed by atoms with Crippen molar-refractivity contribution in [3.63, 3.8) is 0 Å². The Labute approximate surface area is 187 Å². The third-order valence-corrected chi connectivity index (χ3v) is 8.01. The SMILES string of the molecule is Cc1nc2cn([C@@H]3O[C@H](COP(=O)(O)OP(=O)(O)OP(=O)(O)O)[C@H](O)C3O)c(=O)nc2[nH]c1=O. The molecule has 0 aromatic carbocycles. The minimum absolute atomic E-state index is 0.0266. The number of aliphatic hydroxyl groups excluding tert-OH is 2. The normalized spacial score (nSPS) is 26.9. The van der Waals surface area contributed by atoms with E-state index in [4.69, 9.17) is 19.4 Å². The fraction of sp³-hybridized carbons (Fsp3) is 0.500. The van der Waals surface area contributed by atoms with E-state index in [2.05, 4.69) is 28.1 Å². The third kappa shape index (κ3) is 6.30. The Bertz CT molecular complexity index is 1350. The van der Waals surface area contributed by atoms with Crippen molar-refractivity contribution < 1.29 is 61.4 Å². The number of aliphatic hydroxyl groups is 2. The molecule has 3 unspecified atom stereocenters. The fourth-order valence-corrected chi connectivity index (χ4v) is 5.84. The number of H-pyrrole nitrogens is 1. The summed E-state index contributed by atoms with van der Waals surface area (Å²) >= 11 is 0. The predicted molar refractivity (Wildman–Crippen MR) is 105 cm³/mol. The van der Waals surface area contributed by atoms with Crippen LogP contribution in [0.2, 0.25) is 0 Å². The molecule has 0 spiro atoms. The summed E-state index contributed by atoms with van der Waals surface area (Å²) < 4.78 is 51.3. The third-order valence-electron chi connectivity index (χ3n) is 4.21. The maximum absolute atomic E-state index is 12.3. The number of aryl methyl sites for hydroxylation is 1. The zero-order chi connectivity index (χ0) is 25.6. The quantitative estimate of drug-likeness (QED) is 0.171. The van der Waals surface area contributed by atoms with Gasteiger partial charge in [0.05, 0.1) is 6.61 Å². The van der Waals surface area contributed by atoms with Crippen molar-refractivity contribution in [1.29, 1.82) is 0 Å². The molecular formula is C12H17N4O15P3. The first-order chi connectivity index (χ1) is 15.5. The molecule has 3 heterocycles. The average molecular weight is 550 g/mol. The van der Waals surface area contributed by atoms with E-state index in [9.17, 15) is 38.4 Å². The highest BCUT2D eigenvalue weighted by Gasteiger charge is 2.46. The summed E-state index contributed by atoms with van der Waals surface area (Å²) in [6.45, 7) is 0.316. The largest absolute Gasteiger partial charge is 0.490 e. The van der Waals surface area contributed by atoms with Crippen LogP contribution >= 0.6 is 23.5 Å². The van der Waals surface area contributed by atoms with E-state index in [1.807, 2.05) is 0 Å². The topological polar surface area (TPSA) is 290 Å². The van der Waals surface area contributed by atoms with E-state index in [1.165, 1.54) is 6.92 Å². The molecule has 1 aliphatic heterocycles. The summed E-state index contributed by atoms with van der Waals surface area (Å²) in [5, 5.41) is 20.4. The van der Waals surface area contributed by atoms with Crippen LogP contribution < -0.4 is 11.2 Å². The smallest absolute Gasteiger partial charge is 0.387 e. The Morgan fingerprint density at radius 3 is 2.32 bits per heavy atom. The maximum Gasteiger partial charge on any atom is 0.490 e. The molecule has 190 valence electrons. The number of ether oxygens (including phenoxy) is 1. The minimum Gasteiger partial charge on any atom is -0.387 e. The van der Waals surface area contributed by atoms with Crippen molar-refractivity contribution in [3.05, 3.63) is 32.7 Å². The van der Waals surface area contributed by atoms with E-state index in [0.29, 0.717) is 0 Å². The number of hydrogen-bond acceptors (Lipinski definition) is 13. The summed E-state index contributed by atoms with van der Waals surface area (Å²) in [6.07, 6.45) is -5.79. The molecule has 22 heteroatoms. The van der Waals surface area contributed by atoms with Crippen LogP contribution in [0.5, 0.6) is 0 Å². The monoisotopic (exact) mass is 550 g/mol. The zero-order valence-corrected chi connectivity index (χ0v) is 19.3. The molecule has 0 aliphatic carbocycles. The van der Waals surface area contributed by atoms with Crippen LogP contribution in [-0.4, -0.2) is 74.2 Å². The van der Waals surface area contributed by atoms with Crippen LogP contribution in [-0.2, 0) is 31.6 Å². The van der Waals surface area contributed by atoms with Gasteiger partial charge in [0.2, 0.25) is 0 Å². The number of hydrogen-bond donors (Lipinski definition) is 7. The van der Waals surface area contributed by atoms with E-state index < -0.39 is 65.9 Å². The van der Waals surface area contributed by atoms with Gasteiger partial charge in [0.25, 0.3) is 5.56 Å². The summed E-state index contributed by atoms with van der Waals surface area (Å²) in [5.74, 6) is 0. The number of fused-ring (bicyclic) bond motifs is 1. The van der Waals surface area contributed by atoms with Crippen molar-refractivity contribution in [2.24, 2.45) is 0 Å². The van der Waals surface area contributed by atoms with Crippen LogP contribution in [0.15, 0.2) is 15.8 Å². The van der Waals surface area contributed by atoms with Gasteiger partial charge in [-0.1, -0.05) is 0 Å². The Hall–Kier alpha value is -1.69. The molecule has 0 amide bonds. The number of aromatic amines is 1. The molecule has 0 bridgehead atoms. The van der Waals surface area contributed by atoms with E-state index in [0.717, 1.165) is 10.8 Å². The van der Waals surface area contributed by atoms with E-state index in [1.54, 1.807) is 0 Å². The molecule has 1 saturated heterocycles. The van der Waals surface area contributed by atoms with Gasteiger partial charge in [-0.2, -0.15) is 13.6 Å². The lowest BCUT2D eigenvalue weighted by molar-refractivity contribution is -0.0539. The number of nitrogens with one attached hydrogen (secondary N) is 1. The van der Waals surface area contributed by atoms with Crippen LogP contribution in [0.25, 0.3) is 11.2 Å². The van der Waals surface area contributed by atoms with Gasteiger partial charge in [0.1, 0.15) is 29.5 Å². The van der Waals surface area contributed by atoms with Gasteiger partial charge in [0, 0.05) is 6.20 Å². The standard InChI is InChI=1S/C12H17N4O15P3/c1-4-10(19)14-9-5(13-4)2-16(12(20)15-9)11-8(18)7(17)6(29-11)3-28-33(24,25)31-34(26,27)30-32(21,22)23/h2,6-8,11,17-18H,3H2,1H3,(H,24,25)(H,26,27)(H2,21,22,23)(H,14,15,19,20)/t6-,7+,8?,11-/m1/s1. The highest BCUT2D eigenvalue weighted by molar-refractivity contribution is 7.66. The van der Waals surface area contributed by atoms with Gasteiger partial charge in [-0.05, 0) is 6.92 Å². The second-order valence-corrected chi connectivity index (χ2v) is 11.2. The summed E-state index contributed by atoms with van der Waals surface area (Å²) in [7, 11) is -16.9. The van der Waals surface area contributed by atoms with Crippen molar-refractivity contribution in [3.8, 4) is 0 Å². The van der Waals surface area contributed by atoms with Gasteiger partial charge in [-0.15, -0.1) is 0 Å². The van der Waals surface area contributed by atoms with Gasteiger partial charge in [0.15, 0.2) is 11.9 Å². The lowest BCUT2D eigenvalue weighted by Gasteiger charge is -2.19. The number of aromatic nitrogens is 4. The maximum atomic E-state index is 12.3. The first-order valence-electron chi connectivity index (χ1n) is 8.78. The van der Waals surface area contributed by atoms with E-state index in [-0.39, 0.29) is 16.9 Å². The average Bonchev–Trinajstić information content (AvgIpc) is 2.93. The Balaban J connectivity index is 1.76. The molecule has 34 heavy (non-hydrogen) atoms. The second kappa shape index (κ2) is 9.40. The highest BCUT2D eigenvalue weighted by atomic mass is 31.3. The summed E-state index contributed by atoms with van der Waals surface area (Å²) in [6, 6.07) is 0. The lowest BCUT2D eigenvalue weighted by atomic mass is 10.1. The second-order valence-electron chi connectivity index (χ2n) is 6.75. The van der Waals surface area contributed by atoms with Crippen molar-refractivity contribution in [2.75, 3.05) is 6.61 Å². The zero-order valence-electron chi connectivity index (χ0n) is 16.6. The van der Waals surface area contributed by atoms with Crippen molar-refractivity contribution in [2.45, 2.75) is 31.5 Å². The highest BCUT2D eigenvalue weighted by Crippen LogP contribution is 2.66. The molecule has 2 aromatic rings. The van der Waals surface area contributed by atoms with Crippen molar-refractivity contribution in [1.82, 2.24) is 19.5 Å². The summed E-state index contributed by atoms with van der Waals surface area (Å²) in [4.78, 5) is 69.4. The first-order valence-corrected chi connectivity index (χ1v) is 13.3. The summed E-state index contributed by atoms with van der Waals surface area (Å²) in [5.41, 5.74) is -1.70. The van der Waals surface area contributed by atoms with Gasteiger partial charge >= 0.3 is 29.2 Å². The number of phosphoric ester groups is 1. The van der Waals surface area contributed by atoms with Gasteiger partial charge in [-0.3, -0.25) is 13.9 Å². The molecule has 1 aliphatic rings. The fourth-order valence-electron chi connectivity index (χ4n) is 2.81. The molecule has 3 rings (SSSR count). The van der Waals surface area contributed by atoms with Crippen LogP contribution in [0, 0.1) is 6.92 Å². The number of phosphoric acid groups is 3. The molecule has 0 radical (unpaired) electrons. The minimum atomic E-state index is -5.76. The number of rotatable bonds is 8. The lowest BCUT2D eigenvalue weighted by Crippen LogP contribution is -2.36. The van der Waals surface area contributed by atoms with Gasteiger partial charge in [-0.25, -0.2) is 23.5 Å². The van der Waals surface area contributed by atoms with Crippen LogP contribution in [0.3, 0.4) is 0 Å². The molecule has 19 nitrogen and oxygen atoms in total. The molecule has 2 aromatic heterocycles. The molecule has 0 saturated carbocycles. The number of nitrogens with zero attached hydrogens (tertiary/aromatic N) is 3. The molecule has 1 fully saturated rings. The van der Waals surface area contributed by atoms with Crippen molar-refractivity contribution >= 4 is 34.6 Å².